The summed E-state index contributed by atoms with van der Waals surface area (Å²) in [5, 5.41) is 27.2. The molecule has 5 rings (SSSR count). The lowest BCUT2D eigenvalue weighted by molar-refractivity contribution is -0.255. The van der Waals surface area contributed by atoms with E-state index in [9.17, 15) is 19.8 Å². The van der Waals surface area contributed by atoms with Crippen LogP contribution < -0.4 is 14.8 Å². The molecule has 3 aliphatic carbocycles. The Morgan fingerprint density at radius 3 is 2.48 bits per heavy atom. The summed E-state index contributed by atoms with van der Waals surface area (Å²) in [7, 11) is 1.87. The first-order chi connectivity index (χ1) is 26.0. The number of carbonyl (C=O) groups excluding carboxylic acids is 2. The van der Waals surface area contributed by atoms with Crippen LogP contribution in [0.1, 0.15) is 123 Å². The van der Waals surface area contributed by atoms with Gasteiger partial charge in [0.1, 0.15) is 23.1 Å². The lowest BCUT2D eigenvalue weighted by Gasteiger charge is -2.59. The van der Waals surface area contributed by atoms with Crippen molar-refractivity contribution in [2.45, 2.75) is 135 Å². The van der Waals surface area contributed by atoms with Crippen LogP contribution in [0.15, 0.2) is 47.7 Å². The lowest BCUT2D eigenvalue weighted by atomic mass is 9.55. The van der Waals surface area contributed by atoms with Crippen molar-refractivity contribution in [1.29, 1.82) is 0 Å². The van der Waals surface area contributed by atoms with Crippen molar-refractivity contribution in [3.63, 3.8) is 0 Å². The van der Waals surface area contributed by atoms with E-state index in [0.717, 1.165) is 49.0 Å². The number of aliphatic hydroxyl groups is 2. The van der Waals surface area contributed by atoms with Crippen molar-refractivity contribution in [3.8, 4) is 11.5 Å². The molecule has 0 bridgehead atoms. The Morgan fingerprint density at radius 2 is 1.81 bits per heavy atom. The number of nitrogens with one attached hydrogen (secondary N) is 1. The van der Waals surface area contributed by atoms with Crippen molar-refractivity contribution >= 4 is 17.7 Å². The van der Waals surface area contributed by atoms with Gasteiger partial charge in [-0.25, -0.2) is 4.79 Å². The molecule has 1 heterocycles. The first-order valence-corrected chi connectivity index (χ1v) is 20.4. The molecule has 2 amide bonds. The number of hydrogen-bond acceptors (Lipinski definition) is 9. The van der Waals surface area contributed by atoms with Gasteiger partial charge in [-0.2, -0.15) is 0 Å². The highest BCUT2D eigenvalue weighted by Gasteiger charge is 2.65. The van der Waals surface area contributed by atoms with Crippen LogP contribution in [0, 0.1) is 23.7 Å². The molecule has 3 N–H and O–H groups in total. The highest BCUT2D eigenvalue weighted by molar-refractivity contribution is 6.03. The molecule has 0 aromatic heterocycles. The SMILES string of the molecule is C=CCOC12Oc3ccc(OC(=O)NCC)cc3C3C(CCCCO)C(CCCCO)C=C(C(=NOC(C)(C)C)CC1N(C)C(=O)CCC1CCCC1)C32. The topological polar surface area (TPSA) is 139 Å². The zero-order chi connectivity index (χ0) is 38.9. The monoisotopic (exact) mass is 751 g/mol. The summed E-state index contributed by atoms with van der Waals surface area (Å²) in [4.78, 5) is 34.9. The van der Waals surface area contributed by atoms with Crippen LogP contribution in [-0.2, 0) is 14.4 Å². The number of allylic oxidation sites excluding steroid dienone is 1. The molecule has 0 spiro atoms. The maximum Gasteiger partial charge on any atom is 0.412 e. The fourth-order valence-corrected chi connectivity index (χ4v) is 9.25. The molecule has 6 unspecified atom stereocenters. The predicted molar refractivity (Wildman–Crippen MR) is 209 cm³/mol. The fraction of sp³-hybridized carbons (Fsp3) is 0.698. The second kappa shape index (κ2) is 19.0. The van der Waals surface area contributed by atoms with E-state index < -0.39 is 29.4 Å². The summed E-state index contributed by atoms with van der Waals surface area (Å²) in [5.41, 5.74) is 2.09. The number of nitrogens with zero attached hydrogens (tertiary/aromatic N) is 2. The Kier molecular flexibility index (Phi) is 14.7. The standard InChI is InChI=1S/C43H65N3O8/c1-7-25-51-43-37(46(6)38(49)22-19-29-15-9-10-16-29)28-35(45-54-42(3,4)5)33-26-30(17-11-13-23-47)32(18-12-14-24-48)39(40(33)43)34-27-31(20-21-36(34)53-43)52-41(50)44-8-2/h7,20-21,26-27,29-30,32,37,39-40,47-48H,1,8-19,22-25,28H2,2-6H3,(H,44,50). The number of ether oxygens (including phenoxy) is 3. The van der Waals surface area contributed by atoms with Gasteiger partial charge in [-0.15, -0.1) is 6.58 Å². The number of carbonyl (C=O) groups is 2. The smallest absolute Gasteiger partial charge is 0.412 e. The van der Waals surface area contributed by atoms with E-state index in [0.29, 0.717) is 49.6 Å². The highest BCUT2D eigenvalue weighted by atomic mass is 16.7. The summed E-state index contributed by atoms with van der Waals surface area (Å²) in [6.07, 6.45) is 14.7. The van der Waals surface area contributed by atoms with Gasteiger partial charge in [0.15, 0.2) is 0 Å². The van der Waals surface area contributed by atoms with Gasteiger partial charge in [-0.3, -0.25) is 4.79 Å². The van der Waals surface area contributed by atoms with Crippen LogP contribution in [-0.4, -0.2) is 83.7 Å². The molecule has 11 heteroatoms. The Morgan fingerprint density at radius 1 is 1.09 bits per heavy atom. The molecule has 300 valence electrons. The molecular formula is C43H65N3O8. The van der Waals surface area contributed by atoms with Gasteiger partial charge >= 0.3 is 6.09 Å². The minimum Gasteiger partial charge on any atom is -0.459 e. The number of benzene rings is 1. The average molecular weight is 752 g/mol. The van der Waals surface area contributed by atoms with Crippen LogP contribution in [0.4, 0.5) is 4.79 Å². The van der Waals surface area contributed by atoms with Crippen LogP contribution in [0.2, 0.25) is 0 Å². The van der Waals surface area contributed by atoms with Gasteiger partial charge in [0.25, 0.3) is 0 Å². The lowest BCUT2D eigenvalue weighted by Crippen LogP contribution is -2.69. The summed E-state index contributed by atoms with van der Waals surface area (Å²) in [6.45, 7) is 12.6. The van der Waals surface area contributed by atoms with E-state index >= 15 is 0 Å². The van der Waals surface area contributed by atoms with Crippen LogP contribution >= 0.6 is 0 Å². The summed E-state index contributed by atoms with van der Waals surface area (Å²) < 4.78 is 19.9. The van der Waals surface area contributed by atoms with Gasteiger partial charge in [0.2, 0.25) is 11.7 Å². The number of aliphatic hydroxyl groups excluding tert-OH is 2. The number of hydrogen-bond donors (Lipinski definition) is 3. The van der Waals surface area contributed by atoms with Crippen LogP contribution in [0.25, 0.3) is 0 Å². The normalized spacial score (nSPS) is 27.0. The van der Waals surface area contributed by atoms with Gasteiger partial charge in [-0.05, 0) is 101 Å². The van der Waals surface area contributed by atoms with Crippen LogP contribution in [0.5, 0.6) is 11.5 Å². The molecule has 6 atom stereocenters. The first-order valence-electron chi connectivity index (χ1n) is 20.4. The third-order valence-electron chi connectivity index (χ3n) is 11.7. The number of amides is 2. The number of rotatable bonds is 18. The van der Waals surface area contributed by atoms with E-state index in [2.05, 4.69) is 18.0 Å². The molecule has 2 saturated carbocycles. The Balaban J connectivity index is 1.71. The maximum absolute atomic E-state index is 14.3. The number of unbranched alkanes of at least 4 members (excludes halogenated alkanes) is 2. The van der Waals surface area contributed by atoms with Crippen molar-refractivity contribution in [2.75, 3.05) is 33.4 Å². The minimum absolute atomic E-state index is 0.0471. The second-order valence-corrected chi connectivity index (χ2v) is 16.6. The van der Waals surface area contributed by atoms with E-state index in [4.69, 9.17) is 24.2 Å². The number of oxime groups is 1. The summed E-state index contributed by atoms with van der Waals surface area (Å²) >= 11 is 0. The Hall–Kier alpha value is -3.41. The molecule has 0 radical (unpaired) electrons. The second-order valence-electron chi connectivity index (χ2n) is 16.6. The largest absolute Gasteiger partial charge is 0.459 e. The molecule has 1 aromatic carbocycles. The molecule has 0 saturated heterocycles. The minimum atomic E-state index is -1.30. The third-order valence-corrected chi connectivity index (χ3v) is 11.7. The molecule has 54 heavy (non-hydrogen) atoms. The van der Waals surface area contributed by atoms with Crippen molar-refractivity contribution in [3.05, 3.63) is 48.1 Å². The maximum atomic E-state index is 14.3. The molecule has 1 aromatic rings. The third kappa shape index (κ3) is 9.69. The Bertz CT molecular complexity index is 1500. The van der Waals surface area contributed by atoms with Crippen LogP contribution in [0.3, 0.4) is 0 Å². The van der Waals surface area contributed by atoms with Gasteiger partial charge in [0.05, 0.1) is 18.2 Å². The molecular weight excluding hydrogens is 686 g/mol. The molecule has 4 aliphatic rings. The Labute approximate surface area is 322 Å². The van der Waals surface area contributed by atoms with Crippen molar-refractivity contribution < 1.29 is 38.9 Å². The molecule has 1 aliphatic heterocycles. The number of likely N-dealkylation sites (N-methyl/N-ethyl adjacent to an activating group) is 1. The van der Waals surface area contributed by atoms with Gasteiger partial charge < -0.3 is 39.5 Å². The quantitative estimate of drug-likeness (QED) is 0.0790. The number of fused-ring (bicyclic) bond motifs is 2. The van der Waals surface area contributed by atoms with Crippen molar-refractivity contribution in [1.82, 2.24) is 10.2 Å². The first kappa shape index (κ1) is 41.7. The predicted octanol–water partition coefficient (Wildman–Crippen LogP) is 7.66. The zero-order valence-electron chi connectivity index (χ0n) is 33.3. The summed E-state index contributed by atoms with van der Waals surface area (Å²) in [6, 6.07) is 4.96. The van der Waals surface area contributed by atoms with E-state index in [1.807, 2.05) is 51.8 Å². The molecule has 2 fully saturated rings. The summed E-state index contributed by atoms with van der Waals surface area (Å²) in [5.74, 6) is -0.0899. The van der Waals surface area contributed by atoms with E-state index in [1.54, 1.807) is 12.1 Å². The van der Waals surface area contributed by atoms with Crippen molar-refractivity contribution in [2.24, 2.45) is 28.8 Å². The van der Waals surface area contributed by atoms with Gasteiger partial charge in [-0.1, -0.05) is 55.8 Å². The zero-order valence-corrected chi connectivity index (χ0v) is 33.3. The van der Waals surface area contributed by atoms with E-state index in [1.165, 1.54) is 25.7 Å². The van der Waals surface area contributed by atoms with Gasteiger partial charge in [0, 0.05) is 51.1 Å². The van der Waals surface area contributed by atoms with E-state index in [-0.39, 0.29) is 43.5 Å². The molecule has 11 nitrogen and oxygen atoms in total. The fourth-order valence-electron chi connectivity index (χ4n) is 9.25. The average Bonchev–Trinajstić information content (AvgIpc) is 3.67. The highest BCUT2D eigenvalue weighted by Crippen LogP contribution is 2.62.